The van der Waals surface area contributed by atoms with E-state index in [1.165, 1.54) is 0 Å². The third kappa shape index (κ3) is 2.08. The summed E-state index contributed by atoms with van der Waals surface area (Å²) in [6, 6.07) is 12.5. The zero-order valence-corrected chi connectivity index (χ0v) is 16.8. The first-order valence-electron chi connectivity index (χ1n) is 8.73. The van der Waals surface area contributed by atoms with Gasteiger partial charge in [-0.25, -0.2) is 4.99 Å². The molecule has 1 heterocycles. The molecule has 1 aromatic carbocycles. The van der Waals surface area contributed by atoms with E-state index in [1.807, 2.05) is 45.0 Å². The van der Waals surface area contributed by atoms with Crippen LogP contribution in [0.5, 0.6) is 5.75 Å². The third-order valence-electron chi connectivity index (χ3n) is 5.14. The van der Waals surface area contributed by atoms with E-state index in [0.29, 0.717) is 12.4 Å². The molecule has 1 aromatic rings. The van der Waals surface area contributed by atoms with Crippen LogP contribution in [0.4, 0.5) is 0 Å². The summed E-state index contributed by atoms with van der Waals surface area (Å²) in [4.78, 5) is 4.70. The van der Waals surface area contributed by atoms with E-state index >= 15 is 0 Å². The molecule has 0 bridgehead atoms. The zero-order chi connectivity index (χ0) is 19.0. The molecule has 3 atom stereocenters. The number of rotatable bonds is 7. The Hall–Kier alpha value is -1.83. The van der Waals surface area contributed by atoms with E-state index in [4.69, 9.17) is 15.5 Å². The van der Waals surface area contributed by atoms with E-state index in [9.17, 15) is 10.5 Å². The maximum atomic E-state index is 10.3. The SMILES string of the molecule is CCOc1ccccc1C1C2(C#N)C(N)=NC(SCC)(SCC)C12C#N. The Kier molecular flexibility index (Phi) is 4.90. The van der Waals surface area contributed by atoms with Gasteiger partial charge in [0.25, 0.3) is 0 Å². The fourth-order valence-corrected chi connectivity index (χ4v) is 7.48. The van der Waals surface area contributed by atoms with Crippen LogP contribution in [0.15, 0.2) is 29.3 Å². The minimum Gasteiger partial charge on any atom is -0.494 e. The van der Waals surface area contributed by atoms with Crippen molar-refractivity contribution in [3.8, 4) is 17.9 Å². The first-order chi connectivity index (χ1) is 12.5. The van der Waals surface area contributed by atoms with Gasteiger partial charge in [0.1, 0.15) is 22.4 Å². The van der Waals surface area contributed by atoms with Crippen LogP contribution in [0, 0.1) is 33.5 Å². The summed E-state index contributed by atoms with van der Waals surface area (Å²) in [5.41, 5.74) is 5.10. The molecule has 0 amide bonds. The molecule has 3 rings (SSSR count). The molecule has 3 unspecified atom stereocenters. The monoisotopic (exact) mass is 386 g/mol. The lowest BCUT2D eigenvalue weighted by atomic mass is 9.97. The minimum atomic E-state index is -1.10. The van der Waals surface area contributed by atoms with Gasteiger partial charge in [-0.05, 0) is 24.5 Å². The van der Waals surface area contributed by atoms with Crippen molar-refractivity contribution in [2.75, 3.05) is 18.1 Å². The van der Waals surface area contributed by atoms with Gasteiger partial charge in [0, 0.05) is 11.5 Å². The number of amidine groups is 1. The van der Waals surface area contributed by atoms with Crippen molar-refractivity contribution < 1.29 is 4.74 Å². The number of ether oxygens (including phenoxy) is 1. The van der Waals surface area contributed by atoms with Gasteiger partial charge in [-0.1, -0.05) is 32.0 Å². The van der Waals surface area contributed by atoms with Crippen molar-refractivity contribution in [1.29, 1.82) is 10.5 Å². The summed E-state index contributed by atoms with van der Waals surface area (Å²) in [7, 11) is 0. The van der Waals surface area contributed by atoms with Crippen molar-refractivity contribution in [2.24, 2.45) is 21.6 Å². The lowest BCUT2D eigenvalue weighted by molar-refractivity contribution is 0.335. The molecular formula is C19H22N4OS2. The molecule has 0 aromatic heterocycles. The van der Waals surface area contributed by atoms with E-state index in [1.54, 1.807) is 23.5 Å². The standard InChI is InChI=1S/C19H22N4OS2/c1-4-24-14-10-8-7-9-13(14)15-17(11-20)16(22)23-19(25-5-2,26-6-3)18(15,17)12-21/h7-10,15H,4-6H2,1-3H3,(H2,22,23). The lowest BCUT2D eigenvalue weighted by Gasteiger charge is -2.31. The number of hydrogen-bond acceptors (Lipinski definition) is 7. The number of nitrogens with two attached hydrogens (primary N) is 1. The number of thioether (sulfide) groups is 2. The smallest absolute Gasteiger partial charge is 0.175 e. The molecule has 1 saturated carbocycles. The van der Waals surface area contributed by atoms with E-state index in [0.717, 1.165) is 17.1 Å². The maximum absolute atomic E-state index is 10.3. The summed E-state index contributed by atoms with van der Waals surface area (Å²) < 4.78 is 5.02. The third-order valence-corrected chi connectivity index (χ3v) is 8.03. The Morgan fingerprint density at radius 1 is 1.15 bits per heavy atom. The molecule has 7 heteroatoms. The van der Waals surface area contributed by atoms with Crippen LogP contribution in [0.3, 0.4) is 0 Å². The van der Waals surface area contributed by atoms with Crippen molar-refractivity contribution in [2.45, 2.75) is 30.9 Å². The van der Waals surface area contributed by atoms with Crippen LogP contribution >= 0.6 is 23.5 Å². The fraction of sp³-hybridized carbons (Fsp3) is 0.526. The number of nitriles is 2. The van der Waals surface area contributed by atoms with Gasteiger partial charge in [0.05, 0.1) is 18.7 Å². The molecule has 26 heavy (non-hydrogen) atoms. The fourth-order valence-electron chi connectivity index (χ4n) is 4.22. The Bertz CT molecular complexity index is 822. The normalized spacial score (nSPS) is 30.7. The van der Waals surface area contributed by atoms with E-state index < -0.39 is 15.0 Å². The van der Waals surface area contributed by atoms with Crippen LogP contribution in [-0.4, -0.2) is 28.2 Å². The van der Waals surface area contributed by atoms with Gasteiger partial charge < -0.3 is 10.5 Å². The highest BCUT2D eigenvalue weighted by Crippen LogP contribution is 2.85. The molecule has 2 N–H and O–H groups in total. The van der Waals surface area contributed by atoms with Crippen LogP contribution in [0.1, 0.15) is 32.3 Å². The molecule has 0 radical (unpaired) electrons. The predicted octanol–water partition coefficient (Wildman–Crippen LogP) is 3.73. The Morgan fingerprint density at radius 3 is 2.35 bits per heavy atom. The van der Waals surface area contributed by atoms with Crippen molar-refractivity contribution in [1.82, 2.24) is 0 Å². The van der Waals surface area contributed by atoms with Crippen LogP contribution in [0.2, 0.25) is 0 Å². The Balaban J connectivity index is 2.23. The molecule has 1 fully saturated rings. The predicted molar refractivity (Wildman–Crippen MR) is 107 cm³/mol. The second-order valence-corrected chi connectivity index (χ2v) is 9.36. The average molecular weight is 387 g/mol. The highest BCUT2D eigenvalue weighted by atomic mass is 32.2. The van der Waals surface area contributed by atoms with Crippen LogP contribution in [-0.2, 0) is 0 Å². The van der Waals surface area contributed by atoms with Crippen molar-refractivity contribution in [3.63, 3.8) is 0 Å². The number of hydrogen-bond donors (Lipinski definition) is 1. The summed E-state index contributed by atoms with van der Waals surface area (Å²) in [5, 5.41) is 20.5. The molecule has 5 nitrogen and oxygen atoms in total. The number of fused-ring (bicyclic) bond motifs is 1. The summed E-state index contributed by atoms with van der Waals surface area (Å²) >= 11 is 3.20. The molecule has 0 spiro atoms. The molecular weight excluding hydrogens is 364 g/mol. The summed E-state index contributed by atoms with van der Waals surface area (Å²) in [6.45, 7) is 6.52. The van der Waals surface area contributed by atoms with Gasteiger partial charge in [-0.2, -0.15) is 10.5 Å². The summed E-state index contributed by atoms with van der Waals surface area (Å²) in [5.74, 6) is 2.22. The maximum Gasteiger partial charge on any atom is 0.175 e. The molecule has 1 aliphatic carbocycles. The number of para-hydroxylation sites is 1. The molecule has 0 saturated heterocycles. The van der Waals surface area contributed by atoms with Crippen LogP contribution in [0.25, 0.3) is 0 Å². The van der Waals surface area contributed by atoms with E-state index in [2.05, 4.69) is 12.1 Å². The second kappa shape index (κ2) is 6.72. The number of aliphatic imine (C=N–C) groups is 1. The Morgan fingerprint density at radius 2 is 1.81 bits per heavy atom. The van der Waals surface area contributed by atoms with Gasteiger partial charge in [0.15, 0.2) is 4.20 Å². The van der Waals surface area contributed by atoms with E-state index in [-0.39, 0.29) is 11.8 Å². The quantitative estimate of drug-likeness (QED) is 0.717. The van der Waals surface area contributed by atoms with Gasteiger partial charge in [-0.15, -0.1) is 23.5 Å². The summed E-state index contributed by atoms with van der Waals surface area (Å²) in [6.07, 6.45) is 0. The van der Waals surface area contributed by atoms with Gasteiger partial charge >= 0.3 is 0 Å². The first-order valence-corrected chi connectivity index (χ1v) is 10.7. The van der Waals surface area contributed by atoms with Gasteiger partial charge in [-0.3, -0.25) is 0 Å². The number of nitrogens with zero attached hydrogens (tertiary/aromatic N) is 3. The second-order valence-electron chi connectivity index (χ2n) is 6.19. The topological polar surface area (TPSA) is 95.2 Å². The highest BCUT2D eigenvalue weighted by molar-refractivity contribution is 8.18. The molecule has 136 valence electrons. The minimum absolute atomic E-state index is 0.278. The van der Waals surface area contributed by atoms with Crippen molar-refractivity contribution >= 4 is 29.4 Å². The van der Waals surface area contributed by atoms with Crippen LogP contribution < -0.4 is 10.5 Å². The van der Waals surface area contributed by atoms with Crippen molar-refractivity contribution in [3.05, 3.63) is 29.8 Å². The number of benzene rings is 1. The lowest BCUT2D eigenvalue weighted by Crippen LogP contribution is -2.31. The Labute approximate surface area is 163 Å². The largest absolute Gasteiger partial charge is 0.494 e. The molecule has 2 aliphatic rings. The molecule has 1 aliphatic heterocycles. The zero-order valence-electron chi connectivity index (χ0n) is 15.2. The highest BCUT2D eigenvalue weighted by Gasteiger charge is 2.92. The average Bonchev–Trinajstić information content (AvgIpc) is 3.21. The van der Waals surface area contributed by atoms with Gasteiger partial charge in [0.2, 0.25) is 0 Å². The first kappa shape index (κ1) is 18.9.